The fraction of sp³-hybridized carbons (Fsp3) is 0.400. The molecule has 0 spiro atoms. The summed E-state index contributed by atoms with van der Waals surface area (Å²) in [6.07, 6.45) is 8.54. The Bertz CT molecular complexity index is 219. The maximum absolute atomic E-state index is 5.01. The number of aromatic nitrogens is 4. The van der Waals surface area contributed by atoms with Gasteiger partial charge in [-0.05, 0) is 6.07 Å². The van der Waals surface area contributed by atoms with Gasteiger partial charge in [0.15, 0.2) is 0 Å². The van der Waals surface area contributed by atoms with Crippen molar-refractivity contribution in [3.63, 3.8) is 0 Å². The number of hydrogen-bond donors (Lipinski definition) is 3. The molecule has 88 valence electrons. The Kier molecular flexibility index (Phi) is 7.66. The van der Waals surface area contributed by atoms with Gasteiger partial charge in [-0.15, -0.1) is 0 Å². The molecule has 3 N–H and O–H groups in total. The molecule has 0 saturated carbocycles. The van der Waals surface area contributed by atoms with Gasteiger partial charge in [0.05, 0.1) is 19.5 Å². The topological polar surface area (TPSA) is 78.6 Å². The van der Waals surface area contributed by atoms with Crippen LogP contribution in [0.2, 0.25) is 0 Å². The van der Waals surface area contributed by atoms with E-state index in [4.69, 9.17) is 4.74 Å². The molecule has 1 aliphatic heterocycles. The van der Waals surface area contributed by atoms with Crippen molar-refractivity contribution in [3.05, 3.63) is 37.2 Å². The van der Waals surface area contributed by atoms with Gasteiger partial charge in [-0.25, -0.2) is 4.98 Å². The minimum atomic E-state index is 0.889. The van der Waals surface area contributed by atoms with Gasteiger partial charge >= 0.3 is 0 Å². The number of nitrogens with zero attached hydrogens (tertiary/aromatic N) is 2. The van der Waals surface area contributed by atoms with Gasteiger partial charge in [0.2, 0.25) is 0 Å². The molecule has 3 rings (SSSR count). The molecule has 1 fully saturated rings. The summed E-state index contributed by atoms with van der Waals surface area (Å²) in [6.45, 7) is 3.83. The van der Waals surface area contributed by atoms with Gasteiger partial charge in [-0.3, -0.25) is 5.10 Å². The van der Waals surface area contributed by atoms with Crippen molar-refractivity contribution in [1.29, 1.82) is 0 Å². The lowest BCUT2D eigenvalue weighted by atomic mass is 10.5. The zero-order valence-corrected chi connectivity index (χ0v) is 9.10. The molecule has 0 aliphatic carbocycles. The Morgan fingerprint density at radius 2 is 1.94 bits per heavy atom. The fourth-order valence-electron chi connectivity index (χ4n) is 0.946. The van der Waals surface area contributed by atoms with Crippen LogP contribution in [0.4, 0.5) is 0 Å². The highest BCUT2D eigenvalue weighted by atomic mass is 16.5. The molecular weight excluding hydrogens is 206 g/mol. The second kappa shape index (κ2) is 9.88. The first-order chi connectivity index (χ1) is 8.00. The number of hydrogen-bond acceptors (Lipinski definition) is 4. The first-order valence-corrected chi connectivity index (χ1v) is 5.15. The molecular formula is C10H17N5O. The number of rotatable bonds is 0. The monoisotopic (exact) mass is 223 g/mol. The Labute approximate surface area is 94.4 Å². The van der Waals surface area contributed by atoms with Crippen LogP contribution in [0, 0.1) is 0 Å². The lowest BCUT2D eigenvalue weighted by Gasteiger charge is -2.10. The predicted octanol–water partition coefficient (Wildman–Crippen LogP) is 0.426. The third-order valence-electron chi connectivity index (χ3n) is 1.66. The maximum atomic E-state index is 5.01. The van der Waals surface area contributed by atoms with Crippen LogP contribution in [0.3, 0.4) is 0 Å². The van der Waals surface area contributed by atoms with Crippen LogP contribution in [-0.2, 0) is 4.74 Å². The van der Waals surface area contributed by atoms with E-state index < -0.39 is 0 Å². The average molecular weight is 223 g/mol. The number of ether oxygens (including phenoxy) is 1. The minimum Gasteiger partial charge on any atom is -0.379 e. The first-order valence-electron chi connectivity index (χ1n) is 5.15. The molecule has 6 nitrogen and oxygen atoms in total. The molecule has 16 heavy (non-hydrogen) atoms. The quantitative estimate of drug-likeness (QED) is 0.605. The van der Waals surface area contributed by atoms with Gasteiger partial charge in [-0.1, -0.05) is 0 Å². The first kappa shape index (κ1) is 12.4. The number of aromatic amines is 2. The predicted molar refractivity (Wildman–Crippen MR) is 60.9 cm³/mol. The van der Waals surface area contributed by atoms with Crippen molar-refractivity contribution in [2.45, 2.75) is 0 Å². The Morgan fingerprint density at radius 3 is 2.12 bits per heavy atom. The van der Waals surface area contributed by atoms with Crippen molar-refractivity contribution in [3.8, 4) is 0 Å². The van der Waals surface area contributed by atoms with Crippen LogP contribution < -0.4 is 5.32 Å². The molecule has 0 bridgehead atoms. The van der Waals surface area contributed by atoms with Crippen molar-refractivity contribution in [2.24, 2.45) is 0 Å². The van der Waals surface area contributed by atoms with Crippen LogP contribution in [0.5, 0.6) is 0 Å². The Morgan fingerprint density at radius 1 is 1.06 bits per heavy atom. The molecule has 2 aromatic heterocycles. The number of nitrogens with one attached hydrogen (secondary N) is 3. The van der Waals surface area contributed by atoms with Crippen molar-refractivity contribution in [2.75, 3.05) is 26.3 Å². The molecule has 1 saturated heterocycles. The van der Waals surface area contributed by atoms with E-state index in [-0.39, 0.29) is 0 Å². The smallest absolute Gasteiger partial charge is 0.0919 e. The average Bonchev–Trinajstić information content (AvgIpc) is 3.10. The van der Waals surface area contributed by atoms with Crippen molar-refractivity contribution >= 4 is 0 Å². The third kappa shape index (κ3) is 7.72. The summed E-state index contributed by atoms with van der Waals surface area (Å²) in [4.78, 5) is 6.42. The summed E-state index contributed by atoms with van der Waals surface area (Å²) >= 11 is 0. The summed E-state index contributed by atoms with van der Waals surface area (Å²) in [6, 6.07) is 1.83. The molecule has 6 heteroatoms. The van der Waals surface area contributed by atoms with Crippen molar-refractivity contribution < 1.29 is 4.74 Å². The third-order valence-corrected chi connectivity index (χ3v) is 1.66. The van der Waals surface area contributed by atoms with Crippen LogP contribution >= 0.6 is 0 Å². The standard InChI is InChI=1S/C4H9NO.2C3H4N2/c1-3-6-4-2-5-1;1-2-5-3-4-1;1-2-4-5-3-1/h5H,1-4H2;2*1-3H,(H,4,5). The molecule has 3 heterocycles. The van der Waals surface area contributed by atoms with E-state index in [9.17, 15) is 0 Å². The number of morpholine rings is 1. The molecule has 0 amide bonds. The zero-order valence-electron chi connectivity index (χ0n) is 9.10. The van der Waals surface area contributed by atoms with Gasteiger partial charge < -0.3 is 15.0 Å². The lowest BCUT2D eigenvalue weighted by molar-refractivity contribution is 0.109. The Hall–Kier alpha value is -1.66. The zero-order chi connectivity index (χ0) is 11.3. The van der Waals surface area contributed by atoms with Crippen LogP contribution in [0.1, 0.15) is 0 Å². The van der Waals surface area contributed by atoms with Crippen LogP contribution in [-0.4, -0.2) is 46.5 Å². The second-order valence-corrected chi connectivity index (χ2v) is 2.89. The summed E-state index contributed by atoms with van der Waals surface area (Å²) in [5.41, 5.74) is 0. The highest BCUT2D eigenvalue weighted by Gasteiger charge is 1.92. The van der Waals surface area contributed by atoms with E-state index in [1.807, 2.05) is 6.07 Å². The van der Waals surface area contributed by atoms with E-state index in [1.54, 1.807) is 31.1 Å². The SMILES string of the molecule is C1COCCN1.c1c[nH]cn1.c1cn[nH]c1. The van der Waals surface area contributed by atoms with Crippen LogP contribution in [0.15, 0.2) is 37.2 Å². The van der Waals surface area contributed by atoms with E-state index in [2.05, 4.69) is 25.5 Å². The van der Waals surface area contributed by atoms with Gasteiger partial charge in [0.25, 0.3) is 0 Å². The second-order valence-electron chi connectivity index (χ2n) is 2.89. The fourth-order valence-corrected chi connectivity index (χ4v) is 0.946. The van der Waals surface area contributed by atoms with E-state index >= 15 is 0 Å². The molecule has 0 atom stereocenters. The van der Waals surface area contributed by atoms with E-state index in [0.29, 0.717) is 0 Å². The summed E-state index contributed by atoms with van der Waals surface area (Å²) < 4.78 is 5.01. The lowest BCUT2D eigenvalue weighted by Crippen LogP contribution is -2.30. The number of H-pyrrole nitrogens is 2. The van der Waals surface area contributed by atoms with Crippen molar-refractivity contribution in [1.82, 2.24) is 25.5 Å². The highest BCUT2D eigenvalue weighted by molar-refractivity contribution is 4.72. The Balaban J connectivity index is 0.000000121. The molecule has 0 radical (unpaired) electrons. The normalized spacial score (nSPS) is 14.0. The molecule has 0 aromatic carbocycles. The number of imidazole rings is 1. The summed E-state index contributed by atoms with van der Waals surface area (Å²) in [5.74, 6) is 0. The molecule has 2 aromatic rings. The van der Waals surface area contributed by atoms with Gasteiger partial charge in [0, 0.05) is 37.9 Å². The largest absolute Gasteiger partial charge is 0.379 e. The summed E-state index contributed by atoms with van der Waals surface area (Å²) in [7, 11) is 0. The van der Waals surface area contributed by atoms with E-state index in [0.717, 1.165) is 26.3 Å². The highest BCUT2D eigenvalue weighted by Crippen LogP contribution is 1.76. The molecule has 1 aliphatic rings. The van der Waals surface area contributed by atoms with Gasteiger partial charge in [-0.2, -0.15) is 5.10 Å². The molecule has 0 unspecified atom stereocenters. The van der Waals surface area contributed by atoms with Crippen LogP contribution in [0.25, 0.3) is 0 Å². The summed E-state index contributed by atoms with van der Waals surface area (Å²) in [5, 5.41) is 9.37. The minimum absolute atomic E-state index is 0.889. The maximum Gasteiger partial charge on any atom is 0.0919 e. The van der Waals surface area contributed by atoms with E-state index in [1.165, 1.54) is 0 Å². The van der Waals surface area contributed by atoms with Gasteiger partial charge in [0.1, 0.15) is 0 Å².